The van der Waals surface area contributed by atoms with Gasteiger partial charge in [0, 0.05) is 6.04 Å². The predicted octanol–water partition coefficient (Wildman–Crippen LogP) is 3.29. The lowest BCUT2D eigenvalue weighted by Gasteiger charge is -2.20. The zero-order valence-corrected chi connectivity index (χ0v) is 12.2. The molecule has 2 atom stereocenters. The van der Waals surface area contributed by atoms with Crippen LogP contribution in [-0.4, -0.2) is 19.1 Å². The third-order valence-electron chi connectivity index (χ3n) is 3.37. The summed E-state index contributed by atoms with van der Waals surface area (Å²) in [5, 5.41) is 3.36. The number of nitrogens with two attached hydrogens (primary N) is 1. The number of para-hydroxylation sites is 1. The lowest BCUT2D eigenvalue weighted by Crippen LogP contribution is -2.19. The fourth-order valence-electron chi connectivity index (χ4n) is 2.07. The Bertz CT molecular complexity index is 432. The number of esters is 1. The fourth-order valence-corrected chi connectivity index (χ4v) is 2.07. The van der Waals surface area contributed by atoms with E-state index in [1.54, 1.807) is 12.1 Å². The van der Waals surface area contributed by atoms with Gasteiger partial charge in [-0.15, -0.1) is 0 Å². The summed E-state index contributed by atoms with van der Waals surface area (Å²) < 4.78 is 4.71. The third kappa shape index (κ3) is 4.16. The molecule has 3 N–H and O–H groups in total. The van der Waals surface area contributed by atoms with Crippen molar-refractivity contribution in [2.75, 3.05) is 18.2 Å². The number of nitrogens with one attached hydrogen (secondary N) is 1. The van der Waals surface area contributed by atoms with Crippen molar-refractivity contribution < 1.29 is 9.53 Å². The highest BCUT2D eigenvalue weighted by Crippen LogP contribution is 2.25. The number of anilines is 2. The maximum Gasteiger partial charge on any atom is 0.340 e. The smallest absolute Gasteiger partial charge is 0.340 e. The molecule has 106 valence electrons. The first-order chi connectivity index (χ1) is 8.99. The Hall–Kier alpha value is -1.71. The van der Waals surface area contributed by atoms with E-state index in [1.165, 1.54) is 7.11 Å². The van der Waals surface area contributed by atoms with Crippen LogP contribution in [0.5, 0.6) is 0 Å². The molecule has 0 radical (unpaired) electrons. The van der Waals surface area contributed by atoms with Gasteiger partial charge < -0.3 is 15.8 Å². The van der Waals surface area contributed by atoms with Gasteiger partial charge >= 0.3 is 5.97 Å². The van der Waals surface area contributed by atoms with Crippen LogP contribution in [0, 0.1) is 5.92 Å². The highest BCUT2D eigenvalue weighted by atomic mass is 16.5. The Kier molecular flexibility index (Phi) is 5.67. The summed E-state index contributed by atoms with van der Waals surface area (Å²) in [5.41, 5.74) is 7.65. The molecule has 0 fully saturated rings. The number of methoxy groups -OCH3 is 1. The number of rotatable bonds is 6. The molecule has 1 rings (SSSR count). The summed E-state index contributed by atoms with van der Waals surface area (Å²) in [6.45, 7) is 6.53. The molecule has 0 bridgehead atoms. The number of hydrogen-bond donors (Lipinski definition) is 2. The zero-order valence-electron chi connectivity index (χ0n) is 12.2. The minimum absolute atomic E-state index is 0.310. The van der Waals surface area contributed by atoms with Gasteiger partial charge in [-0.25, -0.2) is 4.79 Å². The van der Waals surface area contributed by atoms with Gasteiger partial charge in [0.1, 0.15) is 0 Å². The molecule has 0 saturated heterocycles. The van der Waals surface area contributed by atoms with Gasteiger partial charge in [0.25, 0.3) is 0 Å². The van der Waals surface area contributed by atoms with Crippen molar-refractivity contribution in [2.45, 2.75) is 39.7 Å². The van der Waals surface area contributed by atoms with Crippen LogP contribution in [0.25, 0.3) is 0 Å². The summed E-state index contributed by atoms with van der Waals surface area (Å²) >= 11 is 0. The highest BCUT2D eigenvalue weighted by Gasteiger charge is 2.14. The lowest BCUT2D eigenvalue weighted by molar-refractivity contribution is 0.0602. The van der Waals surface area contributed by atoms with Crippen LogP contribution in [-0.2, 0) is 4.74 Å². The van der Waals surface area contributed by atoms with Gasteiger partial charge in [-0.2, -0.15) is 0 Å². The van der Waals surface area contributed by atoms with Crippen LogP contribution in [0.1, 0.15) is 44.0 Å². The topological polar surface area (TPSA) is 64.3 Å². The molecule has 0 heterocycles. The van der Waals surface area contributed by atoms with Gasteiger partial charge in [-0.05, 0) is 31.4 Å². The Morgan fingerprint density at radius 2 is 2.11 bits per heavy atom. The van der Waals surface area contributed by atoms with E-state index in [0.717, 1.165) is 18.5 Å². The van der Waals surface area contributed by atoms with Crippen molar-refractivity contribution in [1.29, 1.82) is 0 Å². The van der Waals surface area contributed by atoms with Crippen molar-refractivity contribution in [3.63, 3.8) is 0 Å². The van der Waals surface area contributed by atoms with Crippen molar-refractivity contribution in [3.05, 3.63) is 23.8 Å². The summed E-state index contributed by atoms with van der Waals surface area (Å²) in [4.78, 5) is 11.6. The van der Waals surface area contributed by atoms with E-state index in [1.807, 2.05) is 6.07 Å². The number of benzene rings is 1. The molecule has 1 aromatic carbocycles. The first kappa shape index (κ1) is 15.3. The van der Waals surface area contributed by atoms with Crippen LogP contribution in [0.3, 0.4) is 0 Å². The van der Waals surface area contributed by atoms with Gasteiger partial charge in [0.05, 0.1) is 24.0 Å². The molecule has 0 aliphatic carbocycles. The Balaban J connectivity index is 2.81. The third-order valence-corrected chi connectivity index (χ3v) is 3.37. The SMILES string of the molecule is CCC(C)CC(C)Nc1cccc(C(=O)OC)c1N. The standard InChI is InChI=1S/C15H24N2O2/c1-5-10(2)9-11(3)17-13-8-6-7-12(14(13)16)15(18)19-4/h6-8,10-11,17H,5,9,16H2,1-4H3. The van der Waals surface area contributed by atoms with Gasteiger partial charge in [0.15, 0.2) is 0 Å². The van der Waals surface area contributed by atoms with Gasteiger partial charge in [-0.1, -0.05) is 26.3 Å². The second-order valence-electron chi connectivity index (χ2n) is 5.05. The second kappa shape index (κ2) is 7.02. The average molecular weight is 264 g/mol. The molecule has 4 heteroatoms. The number of carbonyl (C=O) groups excluding carboxylic acids is 1. The Morgan fingerprint density at radius 1 is 1.42 bits per heavy atom. The first-order valence-corrected chi connectivity index (χ1v) is 6.72. The number of nitrogen functional groups attached to an aromatic ring is 1. The van der Waals surface area contributed by atoms with Crippen molar-refractivity contribution >= 4 is 17.3 Å². The van der Waals surface area contributed by atoms with E-state index in [4.69, 9.17) is 10.5 Å². The van der Waals surface area contributed by atoms with Crippen molar-refractivity contribution in [1.82, 2.24) is 0 Å². The maximum absolute atomic E-state index is 11.6. The van der Waals surface area contributed by atoms with Crippen molar-refractivity contribution in [2.24, 2.45) is 5.92 Å². The minimum Gasteiger partial charge on any atom is -0.465 e. The molecule has 0 aromatic heterocycles. The van der Waals surface area contributed by atoms with Crippen molar-refractivity contribution in [3.8, 4) is 0 Å². The Labute approximate surface area is 115 Å². The molecule has 0 aliphatic rings. The maximum atomic E-state index is 11.6. The van der Waals surface area contributed by atoms with Crippen LogP contribution < -0.4 is 11.1 Å². The van der Waals surface area contributed by atoms with E-state index in [0.29, 0.717) is 23.2 Å². The van der Waals surface area contributed by atoms with E-state index in [2.05, 4.69) is 26.1 Å². The van der Waals surface area contributed by atoms with E-state index in [9.17, 15) is 4.79 Å². The molecule has 2 unspecified atom stereocenters. The number of ether oxygens (including phenoxy) is 1. The summed E-state index contributed by atoms with van der Waals surface area (Å²) in [5.74, 6) is 0.253. The van der Waals surface area contributed by atoms with Crippen LogP contribution >= 0.6 is 0 Å². The van der Waals surface area contributed by atoms with Crippen LogP contribution in [0.15, 0.2) is 18.2 Å². The predicted molar refractivity (Wildman–Crippen MR) is 79.4 cm³/mol. The first-order valence-electron chi connectivity index (χ1n) is 6.72. The molecule has 0 spiro atoms. The molecule has 4 nitrogen and oxygen atoms in total. The molecule has 1 aromatic rings. The molecule has 0 aliphatic heterocycles. The monoisotopic (exact) mass is 264 g/mol. The average Bonchev–Trinajstić information content (AvgIpc) is 2.40. The molecule has 0 amide bonds. The lowest BCUT2D eigenvalue weighted by atomic mass is 10.00. The number of hydrogen-bond acceptors (Lipinski definition) is 4. The number of carbonyl (C=O) groups is 1. The quantitative estimate of drug-likeness (QED) is 0.611. The highest BCUT2D eigenvalue weighted by molar-refractivity contribution is 5.98. The fraction of sp³-hybridized carbons (Fsp3) is 0.533. The zero-order chi connectivity index (χ0) is 14.4. The van der Waals surface area contributed by atoms with Gasteiger partial charge in [0.2, 0.25) is 0 Å². The molecule has 19 heavy (non-hydrogen) atoms. The summed E-state index contributed by atoms with van der Waals surface area (Å²) in [6.07, 6.45) is 2.22. The summed E-state index contributed by atoms with van der Waals surface area (Å²) in [7, 11) is 1.35. The van der Waals surface area contributed by atoms with Crippen LogP contribution in [0.2, 0.25) is 0 Å². The van der Waals surface area contributed by atoms with E-state index < -0.39 is 5.97 Å². The molecular weight excluding hydrogens is 240 g/mol. The summed E-state index contributed by atoms with van der Waals surface area (Å²) in [6, 6.07) is 5.67. The Morgan fingerprint density at radius 3 is 2.68 bits per heavy atom. The largest absolute Gasteiger partial charge is 0.465 e. The molecular formula is C15H24N2O2. The molecule has 0 saturated carbocycles. The normalized spacial score (nSPS) is 13.7. The second-order valence-corrected chi connectivity index (χ2v) is 5.05. The van der Waals surface area contributed by atoms with E-state index in [-0.39, 0.29) is 0 Å². The van der Waals surface area contributed by atoms with E-state index >= 15 is 0 Å². The van der Waals surface area contributed by atoms with Gasteiger partial charge in [-0.3, -0.25) is 0 Å². The minimum atomic E-state index is -0.407. The van der Waals surface area contributed by atoms with Crippen LogP contribution in [0.4, 0.5) is 11.4 Å².